The van der Waals surface area contributed by atoms with E-state index in [4.69, 9.17) is 11.5 Å². The molecule has 0 bridgehead atoms. The van der Waals surface area contributed by atoms with Gasteiger partial charge < -0.3 is 11.5 Å². The van der Waals surface area contributed by atoms with Crippen molar-refractivity contribution in [3.63, 3.8) is 0 Å². The number of aryl methyl sites for hydroxylation is 1. The van der Waals surface area contributed by atoms with Crippen LogP contribution in [-0.2, 0) is 0 Å². The lowest BCUT2D eigenvalue weighted by atomic mass is 10.2. The maximum absolute atomic E-state index is 5.66. The van der Waals surface area contributed by atoms with Crippen LogP contribution in [0.25, 0.3) is 0 Å². The van der Waals surface area contributed by atoms with E-state index in [1.807, 2.05) is 13.0 Å². The lowest BCUT2D eigenvalue weighted by Crippen LogP contribution is -1.97. The Morgan fingerprint density at radius 2 is 2.33 bits per heavy atom. The van der Waals surface area contributed by atoms with Gasteiger partial charge in [0, 0.05) is 6.20 Å². The van der Waals surface area contributed by atoms with Crippen LogP contribution in [0, 0.1) is 18.8 Å². The van der Waals surface area contributed by atoms with Gasteiger partial charge in [-0.15, -0.1) is 0 Å². The van der Waals surface area contributed by atoms with E-state index in [1.165, 1.54) is 0 Å². The average molecular weight is 161 g/mol. The monoisotopic (exact) mass is 161 g/mol. The van der Waals surface area contributed by atoms with E-state index in [9.17, 15) is 0 Å². The first-order valence-corrected chi connectivity index (χ1v) is 3.65. The fraction of sp³-hybridized carbons (Fsp3) is 0.222. The van der Waals surface area contributed by atoms with Crippen molar-refractivity contribution in [2.24, 2.45) is 5.73 Å². The summed E-state index contributed by atoms with van der Waals surface area (Å²) >= 11 is 0. The molecule has 0 aliphatic carbocycles. The Balaban J connectivity index is 3.01. The van der Waals surface area contributed by atoms with E-state index < -0.39 is 0 Å². The van der Waals surface area contributed by atoms with Crippen LogP contribution in [-0.4, -0.2) is 11.5 Å². The first-order valence-electron chi connectivity index (χ1n) is 3.65. The Labute approximate surface area is 71.8 Å². The Kier molecular flexibility index (Phi) is 2.67. The number of nitrogens with two attached hydrogens (primary N) is 2. The van der Waals surface area contributed by atoms with Crippen LogP contribution in [0.4, 0.5) is 5.69 Å². The minimum Gasteiger partial charge on any atom is -0.396 e. The summed E-state index contributed by atoms with van der Waals surface area (Å²) < 4.78 is 0. The zero-order valence-corrected chi connectivity index (χ0v) is 6.96. The Bertz CT molecular complexity index is 333. The van der Waals surface area contributed by atoms with Crippen molar-refractivity contribution >= 4 is 5.69 Å². The normalized spacial score (nSPS) is 8.83. The van der Waals surface area contributed by atoms with Crippen molar-refractivity contribution in [1.82, 2.24) is 4.98 Å². The third-order valence-corrected chi connectivity index (χ3v) is 1.36. The van der Waals surface area contributed by atoms with Gasteiger partial charge >= 0.3 is 0 Å². The Hall–Kier alpha value is -1.53. The molecule has 12 heavy (non-hydrogen) atoms. The van der Waals surface area contributed by atoms with E-state index >= 15 is 0 Å². The molecule has 0 aromatic carbocycles. The number of aromatic nitrogens is 1. The number of nitrogen functional groups attached to an aromatic ring is 1. The van der Waals surface area contributed by atoms with E-state index in [2.05, 4.69) is 16.8 Å². The topological polar surface area (TPSA) is 64.9 Å². The maximum Gasteiger partial charge on any atom is 0.136 e. The highest BCUT2D eigenvalue weighted by atomic mass is 14.7. The predicted octanol–water partition coefficient (Wildman–Crippen LogP) is 0.282. The summed E-state index contributed by atoms with van der Waals surface area (Å²) in [5.41, 5.74) is 13.1. The molecule has 3 heteroatoms. The largest absolute Gasteiger partial charge is 0.396 e. The van der Waals surface area contributed by atoms with Crippen LogP contribution in [0.1, 0.15) is 11.3 Å². The summed E-state index contributed by atoms with van der Waals surface area (Å²) in [4.78, 5) is 4.06. The number of pyridine rings is 1. The van der Waals surface area contributed by atoms with E-state index in [0.29, 0.717) is 17.9 Å². The molecule has 0 aliphatic heterocycles. The van der Waals surface area contributed by atoms with Crippen LogP contribution < -0.4 is 11.5 Å². The number of rotatable bonds is 0. The molecule has 1 aromatic heterocycles. The Morgan fingerprint density at radius 1 is 1.58 bits per heavy atom. The van der Waals surface area contributed by atoms with Gasteiger partial charge in [0.15, 0.2) is 0 Å². The molecule has 62 valence electrons. The van der Waals surface area contributed by atoms with Crippen molar-refractivity contribution in [3.8, 4) is 11.8 Å². The van der Waals surface area contributed by atoms with Crippen molar-refractivity contribution in [2.45, 2.75) is 6.92 Å². The molecule has 0 aliphatic rings. The standard InChI is InChI=1S/C9H11N3/c1-7-5-8(11)9(12-6-7)3-2-4-10/h5-6H,4,10-11H2,1H3. The zero-order valence-electron chi connectivity index (χ0n) is 6.96. The Morgan fingerprint density at radius 3 is 2.92 bits per heavy atom. The van der Waals surface area contributed by atoms with Crippen LogP contribution in [0.5, 0.6) is 0 Å². The molecule has 0 fully saturated rings. The summed E-state index contributed by atoms with van der Waals surface area (Å²) in [6, 6.07) is 1.84. The van der Waals surface area contributed by atoms with Gasteiger partial charge in [0.25, 0.3) is 0 Å². The molecule has 0 radical (unpaired) electrons. The summed E-state index contributed by atoms with van der Waals surface area (Å²) in [5.74, 6) is 5.49. The first-order chi connectivity index (χ1) is 5.74. The van der Waals surface area contributed by atoms with E-state index in [0.717, 1.165) is 5.56 Å². The van der Waals surface area contributed by atoms with Crippen molar-refractivity contribution < 1.29 is 0 Å². The second-order valence-electron chi connectivity index (χ2n) is 2.46. The van der Waals surface area contributed by atoms with Gasteiger partial charge in [0.2, 0.25) is 0 Å². The molecule has 1 rings (SSSR count). The van der Waals surface area contributed by atoms with Crippen molar-refractivity contribution in [3.05, 3.63) is 23.5 Å². The van der Waals surface area contributed by atoms with Crippen LogP contribution in [0.3, 0.4) is 0 Å². The van der Waals surface area contributed by atoms with Gasteiger partial charge in [-0.1, -0.05) is 5.92 Å². The summed E-state index contributed by atoms with van der Waals surface area (Å²) in [5, 5.41) is 0. The highest BCUT2D eigenvalue weighted by molar-refractivity contribution is 5.52. The van der Waals surface area contributed by atoms with Gasteiger partial charge in [-0.3, -0.25) is 0 Å². The van der Waals surface area contributed by atoms with Crippen LogP contribution >= 0.6 is 0 Å². The molecule has 1 heterocycles. The fourth-order valence-corrected chi connectivity index (χ4v) is 0.831. The molecule has 4 N–H and O–H groups in total. The highest BCUT2D eigenvalue weighted by Gasteiger charge is 1.95. The molecule has 1 aromatic rings. The summed E-state index contributed by atoms with van der Waals surface area (Å²) in [6.07, 6.45) is 1.73. The number of hydrogen-bond acceptors (Lipinski definition) is 3. The number of nitrogens with zero attached hydrogens (tertiary/aromatic N) is 1. The summed E-state index contributed by atoms with van der Waals surface area (Å²) in [6.45, 7) is 2.26. The van der Waals surface area contributed by atoms with Gasteiger partial charge in [0.1, 0.15) is 5.69 Å². The maximum atomic E-state index is 5.66. The van der Waals surface area contributed by atoms with Crippen molar-refractivity contribution in [1.29, 1.82) is 0 Å². The molecular weight excluding hydrogens is 150 g/mol. The van der Waals surface area contributed by atoms with E-state index in [1.54, 1.807) is 6.20 Å². The highest BCUT2D eigenvalue weighted by Crippen LogP contribution is 2.08. The second kappa shape index (κ2) is 3.74. The smallest absolute Gasteiger partial charge is 0.136 e. The second-order valence-corrected chi connectivity index (χ2v) is 2.46. The molecule has 0 unspecified atom stereocenters. The fourth-order valence-electron chi connectivity index (χ4n) is 0.831. The number of hydrogen-bond donors (Lipinski definition) is 2. The van der Waals surface area contributed by atoms with Gasteiger partial charge in [-0.05, 0) is 24.5 Å². The molecule has 0 atom stereocenters. The van der Waals surface area contributed by atoms with Crippen LogP contribution in [0.15, 0.2) is 12.3 Å². The predicted molar refractivity (Wildman–Crippen MR) is 49.3 cm³/mol. The minimum atomic E-state index is 0.328. The molecule has 0 spiro atoms. The van der Waals surface area contributed by atoms with Gasteiger partial charge in [0.05, 0.1) is 12.2 Å². The number of anilines is 1. The summed E-state index contributed by atoms with van der Waals surface area (Å²) in [7, 11) is 0. The quantitative estimate of drug-likeness (QED) is 0.537. The minimum absolute atomic E-state index is 0.328. The average Bonchev–Trinajstić information content (AvgIpc) is 2.03. The first kappa shape index (κ1) is 8.57. The third kappa shape index (κ3) is 1.97. The third-order valence-electron chi connectivity index (χ3n) is 1.36. The molecule has 3 nitrogen and oxygen atoms in total. The zero-order chi connectivity index (χ0) is 8.97. The molecule has 0 amide bonds. The van der Waals surface area contributed by atoms with Crippen molar-refractivity contribution in [2.75, 3.05) is 12.3 Å². The molecular formula is C9H11N3. The molecule has 0 saturated carbocycles. The molecule has 0 saturated heterocycles. The van der Waals surface area contributed by atoms with E-state index in [-0.39, 0.29) is 0 Å². The van der Waals surface area contributed by atoms with Gasteiger partial charge in [-0.25, -0.2) is 4.98 Å². The van der Waals surface area contributed by atoms with Crippen LogP contribution in [0.2, 0.25) is 0 Å². The van der Waals surface area contributed by atoms with Gasteiger partial charge in [-0.2, -0.15) is 0 Å². The lowest BCUT2D eigenvalue weighted by Gasteiger charge is -1.97. The lowest BCUT2D eigenvalue weighted by molar-refractivity contribution is 1.24. The SMILES string of the molecule is Cc1cnc(C#CCN)c(N)c1.